The molecule has 0 bridgehead atoms. The molecule has 1 unspecified atom stereocenters. The maximum Gasteiger partial charge on any atom is 0.337 e. The van der Waals surface area contributed by atoms with E-state index in [1.807, 2.05) is 30.3 Å². The lowest BCUT2D eigenvalue weighted by Gasteiger charge is -2.35. The molecule has 29 heavy (non-hydrogen) atoms. The summed E-state index contributed by atoms with van der Waals surface area (Å²) in [5, 5.41) is 2.92. The van der Waals surface area contributed by atoms with Gasteiger partial charge in [0, 0.05) is 11.3 Å². The second-order valence-corrected chi connectivity index (χ2v) is 6.53. The summed E-state index contributed by atoms with van der Waals surface area (Å²) in [6, 6.07) is 13.9. The van der Waals surface area contributed by atoms with Crippen molar-refractivity contribution >= 4 is 12.0 Å². The molecule has 1 N–H and O–H groups in total. The number of amides is 2. The molecule has 0 saturated carbocycles. The van der Waals surface area contributed by atoms with Crippen LogP contribution in [0.1, 0.15) is 24.1 Å². The average Bonchev–Trinajstić information content (AvgIpc) is 2.75. The van der Waals surface area contributed by atoms with Crippen LogP contribution in [0.25, 0.3) is 0 Å². The molecule has 0 radical (unpaired) electrons. The molecule has 1 atom stereocenters. The molecule has 3 rings (SSSR count). The van der Waals surface area contributed by atoms with Gasteiger partial charge in [0.25, 0.3) is 0 Å². The molecule has 1 aliphatic rings. The van der Waals surface area contributed by atoms with Gasteiger partial charge in [-0.2, -0.15) is 0 Å². The molecule has 2 aromatic carbocycles. The molecular formula is C22H24N2O5. The lowest BCUT2D eigenvalue weighted by Crippen LogP contribution is -2.47. The van der Waals surface area contributed by atoms with E-state index in [9.17, 15) is 9.59 Å². The van der Waals surface area contributed by atoms with Gasteiger partial charge in [0.05, 0.1) is 39.5 Å². The highest BCUT2D eigenvalue weighted by Gasteiger charge is 2.38. The van der Waals surface area contributed by atoms with E-state index in [-0.39, 0.29) is 6.03 Å². The average molecular weight is 396 g/mol. The number of rotatable bonds is 6. The van der Waals surface area contributed by atoms with E-state index in [4.69, 9.17) is 14.2 Å². The zero-order valence-electron chi connectivity index (χ0n) is 16.9. The topological polar surface area (TPSA) is 77.1 Å². The number of allylic oxidation sites excluding steroid dienone is 1. The number of hydrogen-bond donors (Lipinski definition) is 1. The number of hydrogen-bond acceptors (Lipinski definition) is 5. The molecule has 0 aromatic heterocycles. The lowest BCUT2D eigenvalue weighted by atomic mass is 9.93. The smallest absolute Gasteiger partial charge is 0.337 e. The summed E-state index contributed by atoms with van der Waals surface area (Å²) < 4.78 is 15.9. The SMILES string of the molecule is COC(=O)C1=C(C)N(Cc2ccccc2)C(=O)NC1c1cccc(OC)c1OC. The number of ether oxygens (including phenoxy) is 3. The van der Waals surface area contributed by atoms with E-state index in [1.165, 1.54) is 26.2 Å². The summed E-state index contributed by atoms with van der Waals surface area (Å²) in [5.41, 5.74) is 2.43. The number of urea groups is 1. The predicted octanol–water partition coefficient (Wildman–Crippen LogP) is 3.42. The summed E-state index contributed by atoms with van der Waals surface area (Å²) >= 11 is 0. The van der Waals surface area contributed by atoms with Gasteiger partial charge in [-0.05, 0) is 18.6 Å². The number of carbonyl (C=O) groups excluding carboxylic acids is 2. The maximum absolute atomic E-state index is 13.0. The predicted molar refractivity (Wildman–Crippen MR) is 108 cm³/mol. The van der Waals surface area contributed by atoms with Crippen LogP contribution in [0.2, 0.25) is 0 Å². The van der Waals surface area contributed by atoms with Crippen LogP contribution >= 0.6 is 0 Å². The largest absolute Gasteiger partial charge is 0.493 e. The summed E-state index contributed by atoms with van der Waals surface area (Å²) in [5.74, 6) is 0.439. The molecule has 1 aliphatic heterocycles. The van der Waals surface area contributed by atoms with E-state index in [2.05, 4.69) is 5.32 Å². The highest BCUT2D eigenvalue weighted by atomic mass is 16.5. The molecule has 0 fully saturated rings. The molecule has 7 nitrogen and oxygen atoms in total. The monoisotopic (exact) mass is 396 g/mol. The number of nitrogens with one attached hydrogen (secondary N) is 1. The van der Waals surface area contributed by atoms with Gasteiger partial charge in [-0.1, -0.05) is 42.5 Å². The first-order valence-electron chi connectivity index (χ1n) is 9.13. The van der Waals surface area contributed by atoms with Gasteiger partial charge in [0.2, 0.25) is 0 Å². The first kappa shape index (κ1) is 20.3. The quantitative estimate of drug-likeness (QED) is 0.757. The van der Waals surface area contributed by atoms with Gasteiger partial charge < -0.3 is 19.5 Å². The normalized spacial score (nSPS) is 16.3. The lowest BCUT2D eigenvalue weighted by molar-refractivity contribution is -0.136. The summed E-state index contributed by atoms with van der Waals surface area (Å²) in [7, 11) is 4.37. The molecular weight excluding hydrogens is 372 g/mol. The Bertz CT molecular complexity index is 939. The minimum Gasteiger partial charge on any atom is -0.493 e. The standard InChI is InChI=1S/C22H24N2O5/c1-14-18(21(25)29-4)19(16-11-8-12-17(27-2)20(16)28-3)23-22(26)24(14)13-15-9-6-5-7-10-15/h5-12,19H,13H2,1-4H3,(H,23,26). The number of carbonyl (C=O) groups is 2. The number of para-hydroxylation sites is 1. The second kappa shape index (κ2) is 8.68. The molecule has 0 aliphatic carbocycles. The third-order valence-corrected chi connectivity index (χ3v) is 4.93. The molecule has 2 aromatic rings. The number of benzene rings is 2. The van der Waals surface area contributed by atoms with Crippen LogP contribution in [0.3, 0.4) is 0 Å². The Kier molecular flexibility index (Phi) is 6.07. The van der Waals surface area contributed by atoms with Gasteiger partial charge in [0.1, 0.15) is 0 Å². The van der Waals surface area contributed by atoms with Crippen molar-refractivity contribution in [2.45, 2.75) is 19.5 Å². The van der Waals surface area contributed by atoms with Gasteiger partial charge in [-0.25, -0.2) is 9.59 Å². The Labute approximate surface area is 169 Å². The Morgan fingerprint density at radius 2 is 1.76 bits per heavy atom. The minimum atomic E-state index is -0.730. The fraction of sp³-hybridized carbons (Fsp3) is 0.273. The Morgan fingerprint density at radius 3 is 2.38 bits per heavy atom. The zero-order valence-corrected chi connectivity index (χ0v) is 16.9. The van der Waals surface area contributed by atoms with Crippen LogP contribution in [0, 0.1) is 0 Å². The van der Waals surface area contributed by atoms with Crippen molar-refractivity contribution in [3.05, 3.63) is 70.9 Å². The number of methoxy groups -OCH3 is 3. The van der Waals surface area contributed by atoms with Crippen LogP contribution in [-0.4, -0.2) is 38.2 Å². The first-order valence-corrected chi connectivity index (χ1v) is 9.13. The highest BCUT2D eigenvalue weighted by Crippen LogP contribution is 2.40. The van der Waals surface area contributed by atoms with Gasteiger partial charge in [0.15, 0.2) is 11.5 Å². The molecule has 7 heteroatoms. The van der Waals surface area contributed by atoms with E-state index < -0.39 is 12.0 Å². The number of esters is 1. The van der Waals surface area contributed by atoms with Crippen molar-refractivity contribution in [2.24, 2.45) is 0 Å². The zero-order chi connectivity index (χ0) is 21.0. The second-order valence-electron chi connectivity index (χ2n) is 6.53. The van der Waals surface area contributed by atoms with E-state index >= 15 is 0 Å². The molecule has 0 saturated heterocycles. The van der Waals surface area contributed by atoms with Crippen molar-refractivity contribution in [2.75, 3.05) is 21.3 Å². The van der Waals surface area contributed by atoms with Crippen LogP contribution < -0.4 is 14.8 Å². The van der Waals surface area contributed by atoms with Crippen molar-refractivity contribution in [1.29, 1.82) is 0 Å². The first-order chi connectivity index (χ1) is 14.0. The third kappa shape index (κ3) is 3.89. The van der Waals surface area contributed by atoms with Crippen LogP contribution in [-0.2, 0) is 16.1 Å². The van der Waals surface area contributed by atoms with Crippen molar-refractivity contribution < 1.29 is 23.8 Å². The maximum atomic E-state index is 13.0. The van der Waals surface area contributed by atoms with Crippen molar-refractivity contribution in [3.63, 3.8) is 0 Å². The fourth-order valence-corrected chi connectivity index (χ4v) is 3.48. The van der Waals surface area contributed by atoms with Crippen LogP contribution in [0.15, 0.2) is 59.8 Å². The van der Waals surface area contributed by atoms with Crippen LogP contribution in [0.5, 0.6) is 11.5 Å². The van der Waals surface area contributed by atoms with Crippen molar-refractivity contribution in [3.8, 4) is 11.5 Å². The number of nitrogens with zero attached hydrogens (tertiary/aromatic N) is 1. The Morgan fingerprint density at radius 1 is 1.03 bits per heavy atom. The fourth-order valence-electron chi connectivity index (χ4n) is 3.48. The summed E-state index contributed by atoms with van der Waals surface area (Å²) in [6.45, 7) is 2.08. The van der Waals surface area contributed by atoms with Crippen molar-refractivity contribution in [1.82, 2.24) is 10.2 Å². The van der Waals surface area contributed by atoms with Gasteiger partial charge in [-0.15, -0.1) is 0 Å². The van der Waals surface area contributed by atoms with E-state index in [1.54, 1.807) is 25.1 Å². The summed E-state index contributed by atoms with van der Waals surface area (Å²) in [6.07, 6.45) is 0. The molecule has 2 amide bonds. The van der Waals surface area contributed by atoms with E-state index in [0.717, 1.165) is 5.56 Å². The molecule has 1 heterocycles. The van der Waals surface area contributed by atoms with Gasteiger partial charge in [-0.3, -0.25) is 4.90 Å². The molecule has 152 valence electrons. The minimum absolute atomic E-state index is 0.311. The van der Waals surface area contributed by atoms with E-state index in [0.29, 0.717) is 34.9 Å². The van der Waals surface area contributed by atoms with Gasteiger partial charge >= 0.3 is 12.0 Å². The Hall–Kier alpha value is -3.48. The third-order valence-electron chi connectivity index (χ3n) is 4.93. The Balaban J connectivity index is 2.10. The summed E-state index contributed by atoms with van der Waals surface area (Å²) in [4.78, 5) is 27.2. The highest BCUT2D eigenvalue weighted by molar-refractivity contribution is 5.95. The molecule has 0 spiro atoms. The van der Waals surface area contributed by atoms with Crippen LogP contribution in [0.4, 0.5) is 4.79 Å².